The van der Waals surface area contributed by atoms with Crippen molar-refractivity contribution in [3.05, 3.63) is 43.1 Å². The highest BCUT2D eigenvalue weighted by Gasteiger charge is 2.25. The van der Waals surface area contributed by atoms with Crippen LogP contribution >= 0.6 is 0 Å². The predicted octanol–water partition coefficient (Wildman–Crippen LogP) is 3.55. The van der Waals surface area contributed by atoms with Crippen LogP contribution in [-0.4, -0.2) is 63.0 Å². The van der Waals surface area contributed by atoms with Crippen LogP contribution in [0.3, 0.4) is 0 Å². The van der Waals surface area contributed by atoms with Crippen LogP contribution in [0.5, 0.6) is 5.75 Å². The van der Waals surface area contributed by atoms with Gasteiger partial charge in [0.15, 0.2) is 0 Å². The van der Waals surface area contributed by atoms with Gasteiger partial charge < -0.3 is 24.3 Å². The first kappa shape index (κ1) is 21.1. The maximum atomic E-state index is 6.56. The molecule has 1 aliphatic heterocycles. The quantitative estimate of drug-likeness (QED) is 0.485. The first-order valence-corrected chi connectivity index (χ1v) is 12.0. The number of aromatic nitrogens is 5. The first-order valence-electron chi connectivity index (χ1n) is 12.0. The van der Waals surface area contributed by atoms with Crippen LogP contribution < -0.4 is 15.0 Å². The molecule has 1 N–H and O–H groups in total. The van der Waals surface area contributed by atoms with E-state index in [1.165, 1.54) is 0 Å². The van der Waals surface area contributed by atoms with Crippen LogP contribution in [0.1, 0.15) is 25.7 Å². The Kier molecular flexibility index (Phi) is 5.62. The lowest BCUT2D eigenvalue weighted by molar-refractivity contribution is 0.122. The van der Waals surface area contributed by atoms with Gasteiger partial charge in [0, 0.05) is 56.5 Å². The van der Waals surface area contributed by atoms with Crippen molar-refractivity contribution in [3.63, 3.8) is 0 Å². The highest BCUT2D eigenvalue weighted by Crippen LogP contribution is 2.33. The molecular weight excluding hydrogens is 430 g/mol. The molecule has 1 saturated heterocycles. The molecule has 0 bridgehead atoms. The van der Waals surface area contributed by atoms with Gasteiger partial charge >= 0.3 is 0 Å². The summed E-state index contributed by atoms with van der Waals surface area (Å²) in [5.74, 6) is 1.74. The lowest BCUT2D eigenvalue weighted by Crippen LogP contribution is -2.36. The summed E-state index contributed by atoms with van der Waals surface area (Å²) in [6.07, 6.45) is 11.3. The summed E-state index contributed by atoms with van der Waals surface area (Å²) in [7, 11) is 2.00. The third-order valence-electron chi connectivity index (χ3n) is 6.87. The van der Waals surface area contributed by atoms with Crippen LogP contribution in [0.15, 0.2) is 43.1 Å². The van der Waals surface area contributed by atoms with Gasteiger partial charge in [-0.05, 0) is 37.8 Å². The van der Waals surface area contributed by atoms with E-state index in [4.69, 9.17) is 9.47 Å². The second-order valence-electron chi connectivity index (χ2n) is 9.09. The van der Waals surface area contributed by atoms with Crippen molar-refractivity contribution < 1.29 is 9.47 Å². The van der Waals surface area contributed by atoms with Crippen LogP contribution in [-0.2, 0) is 11.8 Å². The van der Waals surface area contributed by atoms with Crippen LogP contribution in [0, 0.1) is 0 Å². The Bertz CT molecular complexity index is 1290. The maximum absolute atomic E-state index is 6.56. The lowest BCUT2D eigenvalue weighted by Gasteiger charge is -2.31. The average molecular weight is 460 g/mol. The highest BCUT2D eigenvalue weighted by molar-refractivity contribution is 5.87. The summed E-state index contributed by atoms with van der Waals surface area (Å²) in [6.45, 7) is 3.24. The molecule has 0 atom stereocenters. The van der Waals surface area contributed by atoms with Crippen LogP contribution in [0.2, 0.25) is 0 Å². The monoisotopic (exact) mass is 459 g/mol. The number of nitrogens with zero attached hydrogens (tertiary/aromatic N) is 6. The molecule has 6 rings (SSSR count). The summed E-state index contributed by atoms with van der Waals surface area (Å²) in [6, 6.07) is 6.67. The maximum Gasteiger partial charge on any atom is 0.149 e. The Labute approximate surface area is 198 Å². The number of anilines is 2. The van der Waals surface area contributed by atoms with Crippen molar-refractivity contribution in [1.29, 1.82) is 0 Å². The number of nitrogens with one attached hydrogen (secondary N) is 1. The Morgan fingerprint density at radius 1 is 1.00 bits per heavy atom. The van der Waals surface area contributed by atoms with Crippen molar-refractivity contribution >= 4 is 33.6 Å². The minimum Gasteiger partial charge on any atom is -0.488 e. The molecule has 1 saturated carbocycles. The Morgan fingerprint density at radius 2 is 1.82 bits per heavy atom. The molecule has 1 aliphatic carbocycles. The number of hydrogen-bond donors (Lipinski definition) is 1. The molecule has 0 radical (unpaired) electrons. The van der Waals surface area contributed by atoms with E-state index in [0.717, 1.165) is 91.3 Å². The number of rotatable bonds is 5. The second-order valence-corrected chi connectivity index (χ2v) is 9.09. The summed E-state index contributed by atoms with van der Waals surface area (Å²) < 4.78 is 14.1. The van der Waals surface area contributed by atoms with Gasteiger partial charge in [-0.3, -0.25) is 4.98 Å². The smallest absolute Gasteiger partial charge is 0.149 e. The number of hydrogen-bond acceptors (Lipinski definition) is 8. The SMILES string of the molecule is Cn1ccc2c(N[C@H]3CC[C@@H](Oc4cc(N5CCOCC5)cc5nccnc45)CC3)ncnc21. The zero-order valence-electron chi connectivity index (χ0n) is 19.4. The summed E-state index contributed by atoms with van der Waals surface area (Å²) in [5, 5.41) is 4.71. The number of ether oxygens (including phenoxy) is 2. The van der Waals surface area contributed by atoms with Gasteiger partial charge in [0.1, 0.15) is 29.1 Å². The molecule has 2 aliphatic rings. The summed E-state index contributed by atoms with van der Waals surface area (Å²) in [4.78, 5) is 20.3. The summed E-state index contributed by atoms with van der Waals surface area (Å²) in [5.41, 5.74) is 3.76. The number of fused-ring (bicyclic) bond motifs is 2. The van der Waals surface area contributed by atoms with E-state index in [1.54, 1.807) is 18.7 Å². The molecule has 1 aromatic carbocycles. The minimum atomic E-state index is 0.158. The van der Waals surface area contributed by atoms with Crippen molar-refractivity contribution in [2.24, 2.45) is 7.05 Å². The van der Waals surface area contributed by atoms with E-state index in [0.29, 0.717) is 6.04 Å². The zero-order valence-corrected chi connectivity index (χ0v) is 19.4. The zero-order chi connectivity index (χ0) is 22.9. The van der Waals surface area contributed by atoms with Gasteiger partial charge in [-0.15, -0.1) is 0 Å². The molecule has 34 heavy (non-hydrogen) atoms. The van der Waals surface area contributed by atoms with Crippen molar-refractivity contribution in [2.45, 2.75) is 37.8 Å². The fourth-order valence-electron chi connectivity index (χ4n) is 5.01. The van der Waals surface area contributed by atoms with Gasteiger partial charge in [-0.25, -0.2) is 15.0 Å². The molecule has 9 nitrogen and oxygen atoms in total. The average Bonchev–Trinajstić information content (AvgIpc) is 3.27. The van der Waals surface area contributed by atoms with E-state index in [2.05, 4.69) is 48.4 Å². The second kappa shape index (κ2) is 9.06. The predicted molar refractivity (Wildman–Crippen MR) is 131 cm³/mol. The Balaban J connectivity index is 1.16. The van der Waals surface area contributed by atoms with Gasteiger partial charge in [0.05, 0.1) is 30.2 Å². The van der Waals surface area contributed by atoms with Crippen molar-refractivity contribution in [3.8, 4) is 5.75 Å². The van der Waals surface area contributed by atoms with E-state index in [-0.39, 0.29) is 6.10 Å². The third-order valence-corrected chi connectivity index (χ3v) is 6.87. The van der Waals surface area contributed by atoms with Gasteiger partial charge in [-0.1, -0.05) is 0 Å². The molecule has 0 spiro atoms. The van der Waals surface area contributed by atoms with Crippen molar-refractivity contribution in [2.75, 3.05) is 36.5 Å². The van der Waals surface area contributed by atoms with E-state index < -0.39 is 0 Å². The van der Waals surface area contributed by atoms with Crippen LogP contribution in [0.25, 0.3) is 22.1 Å². The molecular formula is C25H29N7O2. The fourth-order valence-corrected chi connectivity index (χ4v) is 5.01. The highest BCUT2D eigenvalue weighted by atomic mass is 16.5. The third kappa shape index (κ3) is 4.11. The van der Waals surface area contributed by atoms with Crippen molar-refractivity contribution in [1.82, 2.24) is 24.5 Å². The molecule has 176 valence electrons. The minimum absolute atomic E-state index is 0.158. The standard InChI is InChI=1S/C25H29N7O2/c1-31-9-6-20-24(28-16-29-25(20)31)30-17-2-4-19(5-3-17)34-22-15-18(32-10-12-33-13-11-32)14-21-23(22)27-8-7-26-21/h6-9,14-17,19H,2-5,10-13H2,1H3,(H,28,29,30)/t17-,19+. The fraction of sp³-hybridized carbons (Fsp3) is 0.440. The Morgan fingerprint density at radius 3 is 2.68 bits per heavy atom. The normalized spacial score (nSPS) is 21.1. The number of aryl methyl sites for hydroxylation is 1. The topological polar surface area (TPSA) is 90.2 Å². The Hall–Kier alpha value is -3.46. The lowest BCUT2D eigenvalue weighted by atomic mass is 9.93. The molecule has 0 unspecified atom stereocenters. The number of benzene rings is 1. The number of morpholine rings is 1. The molecule has 3 aromatic heterocycles. The summed E-state index contributed by atoms with van der Waals surface area (Å²) >= 11 is 0. The van der Waals surface area contributed by atoms with Crippen LogP contribution in [0.4, 0.5) is 11.5 Å². The molecule has 9 heteroatoms. The largest absolute Gasteiger partial charge is 0.488 e. The van der Waals surface area contributed by atoms with E-state index in [9.17, 15) is 0 Å². The van der Waals surface area contributed by atoms with Gasteiger partial charge in [-0.2, -0.15) is 0 Å². The molecule has 2 fully saturated rings. The van der Waals surface area contributed by atoms with Gasteiger partial charge in [0.25, 0.3) is 0 Å². The van der Waals surface area contributed by atoms with E-state index in [1.807, 2.05) is 17.8 Å². The van der Waals surface area contributed by atoms with E-state index >= 15 is 0 Å². The first-order chi connectivity index (χ1) is 16.7. The molecule has 0 amide bonds. The molecule has 4 aromatic rings. The van der Waals surface area contributed by atoms with Gasteiger partial charge in [0.2, 0.25) is 0 Å². The molecule has 4 heterocycles.